The summed E-state index contributed by atoms with van der Waals surface area (Å²) < 4.78 is 0. The molecule has 4 amide bonds. The van der Waals surface area contributed by atoms with Gasteiger partial charge in [-0.25, -0.2) is 4.79 Å². The van der Waals surface area contributed by atoms with Gasteiger partial charge in [-0.1, -0.05) is 26.0 Å². The summed E-state index contributed by atoms with van der Waals surface area (Å²) in [7, 11) is 0. The lowest BCUT2D eigenvalue weighted by molar-refractivity contribution is -0.123. The van der Waals surface area contributed by atoms with Gasteiger partial charge in [-0.15, -0.1) is 0 Å². The molecule has 0 radical (unpaired) electrons. The molecule has 1 aromatic carbocycles. The van der Waals surface area contributed by atoms with Crippen molar-refractivity contribution in [1.29, 1.82) is 0 Å². The molecule has 0 aliphatic carbocycles. The van der Waals surface area contributed by atoms with Crippen LogP contribution >= 0.6 is 0 Å². The number of anilines is 1. The van der Waals surface area contributed by atoms with Crippen molar-refractivity contribution in [2.45, 2.75) is 39.8 Å². The van der Waals surface area contributed by atoms with Gasteiger partial charge in [0.15, 0.2) is 0 Å². The molecule has 5 N–H and O–H groups in total. The molecule has 7 heteroatoms. The molecule has 0 aromatic heterocycles. The normalized spacial score (nSPS) is 11.7. The molecule has 0 aliphatic heterocycles. The van der Waals surface area contributed by atoms with Gasteiger partial charge in [0.1, 0.15) is 6.04 Å². The van der Waals surface area contributed by atoms with E-state index in [-0.39, 0.29) is 17.7 Å². The molecule has 0 bridgehead atoms. The van der Waals surface area contributed by atoms with E-state index < -0.39 is 12.1 Å². The Bertz CT molecular complexity index is 555. The summed E-state index contributed by atoms with van der Waals surface area (Å²) in [5.41, 5.74) is 6.69. The molecular weight excluding hydrogens is 296 g/mol. The topological polar surface area (TPSA) is 113 Å². The van der Waals surface area contributed by atoms with E-state index in [1.807, 2.05) is 26.0 Å². The van der Waals surface area contributed by atoms with Crippen molar-refractivity contribution in [1.82, 2.24) is 10.6 Å². The second-order valence-corrected chi connectivity index (χ2v) is 5.79. The fourth-order valence-corrected chi connectivity index (χ4v) is 2.10. The number of amides is 4. The number of urea groups is 1. The maximum absolute atomic E-state index is 12.2. The molecule has 1 aromatic rings. The molecule has 0 unspecified atom stereocenters. The summed E-state index contributed by atoms with van der Waals surface area (Å²) >= 11 is 0. The lowest BCUT2D eigenvalue weighted by atomic mass is 10.0. The van der Waals surface area contributed by atoms with Gasteiger partial charge in [0.05, 0.1) is 0 Å². The maximum atomic E-state index is 12.2. The number of primary amides is 1. The van der Waals surface area contributed by atoms with Gasteiger partial charge >= 0.3 is 6.03 Å². The number of nitrogens with two attached hydrogens (primary N) is 1. The zero-order valence-electron chi connectivity index (χ0n) is 13.7. The predicted octanol–water partition coefficient (Wildman–Crippen LogP) is 1.34. The zero-order valence-corrected chi connectivity index (χ0v) is 13.7. The highest BCUT2D eigenvalue weighted by atomic mass is 16.2. The summed E-state index contributed by atoms with van der Waals surface area (Å²) in [5, 5.41) is 7.90. The van der Waals surface area contributed by atoms with E-state index in [0.717, 1.165) is 5.56 Å². The molecule has 0 aliphatic rings. The van der Waals surface area contributed by atoms with Gasteiger partial charge in [-0.2, -0.15) is 0 Å². The third kappa shape index (κ3) is 7.30. The van der Waals surface area contributed by atoms with E-state index in [1.54, 1.807) is 12.1 Å². The Morgan fingerprint density at radius 1 is 1.13 bits per heavy atom. The molecule has 0 saturated carbocycles. The molecule has 1 atom stereocenters. The van der Waals surface area contributed by atoms with Gasteiger partial charge in [0, 0.05) is 19.2 Å². The largest absolute Gasteiger partial charge is 0.352 e. The van der Waals surface area contributed by atoms with Crippen LogP contribution in [0.2, 0.25) is 0 Å². The van der Waals surface area contributed by atoms with Gasteiger partial charge in [0.2, 0.25) is 11.8 Å². The number of hydrogen-bond acceptors (Lipinski definition) is 3. The molecule has 0 saturated heterocycles. The minimum atomic E-state index is -0.717. The SMILES string of the molecule is CC(=O)Nc1ccc(CNC(=O)[C@H](CC(C)C)NC(N)=O)cc1. The van der Waals surface area contributed by atoms with Crippen molar-refractivity contribution in [3.05, 3.63) is 29.8 Å². The van der Waals surface area contributed by atoms with Crippen molar-refractivity contribution in [3.63, 3.8) is 0 Å². The van der Waals surface area contributed by atoms with E-state index in [4.69, 9.17) is 5.73 Å². The highest BCUT2D eigenvalue weighted by Crippen LogP contribution is 2.10. The molecule has 0 fully saturated rings. The van der Waals surface area contributed by atoms with Crippen LogP contribution < -0.4 is 21.7 Å². The Balaban J connectivity index is 2.58. The average Bonchev–Trinajstić information content (AvgIpc) is 2.44. The van der Waals surface area contributed by atoms with Crippen LogP contribution in [0.3, 0.4) is 0 Å². The number of carbonyl (C=O) groups is 3. The predicted molar refractivity (Wildman–Crippen MR) is 88.6 cm³/mol. The van der Waals surface area contributed by atoms with Crippen molar-refractivity contribution >= 4 is 23.5 Å². The summed E-state index contributed by atoms with van der Waals surface area (Å²) in [6.45, 7) is 5.69. The van der Waals surface area contributed by atoms with Crippen molar-refractivity contribution < 1.29 is 14.4 Å². The minimum absolute atomic E-state index is 0.139. The second kappa shape index (κ2) is 8.77. The van der Waals surface area contributed by atoms with Gasteiger partial charge in [-0.3, -0.25) is 9.59 Å². The lowest BCUT2D eigenvalue weighted by Crippen LogP contribution is -2.49. The Labute approximate surface area is 136 Å². The van der Waals surface area contributed by atoms with Crippen LogP contribution in [0, 0.1) is 5.92 Å². The molecule has 1 rings (SSSR count). The van der Waals surface area contributed by atoms with Gasteiger partial charge in [0.25, 0.3) is 0 Å². The van der Waals surface area contributed by atoms with E-state index in [9.17, 15) is 14.4 Å². The van der Waals surface area contributed by atoms with E-state index >= 15 is 0 Å². The molecule has 7 nitrogen and oxygen atoms in total. The van der Waals surface area contributed by atoms with Crippen LogP contribution in [0.4, 0.5) is 10.5 Å². The first-order valence-corrected chi connectivity index (χ1v) is 7.48. The van der Waals surface area contributed by atoms with Crippen LogP contribution in [0.1, 0.15) is 32.8 Å². The standard InChI is InChI=1S/C16H24N4O3/c1-10(2)8-14(20-16(17)23)15(22)18-9-12-4-6-13(7-5-12)19-11(3)21/h4-7,10,14H,8-9H2,1-3H3,(H,18,22)(H,19,21)(H3,17,20,23)/t14-/m0/s1. The first-order valence-electron chi connectivity index (χ1n) is 7.48. The van der Waals surface area contributed by atoms with Crippen molar-refractivity contribution in [2.24, 2.45) is 11.7 Å². The van der Waals surface area contributed by atoms with Crippen LogP contribution in [-0.2, 0) is 16.1 Å². The van der Waals surface area contributed by atoms with Gasteiger partial charge < -0.3 is 21.7 Å². The highest BCUT2D eigenvalue weighted by Gasteiger charge is 2.20. The molecule has 0 spiro atoms. The smallest absolute Gasteiger partial charge is 0.312 e. The van der Waals surface area contributed by atoms with Crippen molar-refractivity contribution in [2.75, 3.05) is 5.32 Å². The Morgan fingerprint density at radius 2 is 1.74 bits per heavy atom. The number of hydrogen-bond donors (Lipinski definition) is 4. The summed E-state index contributed by atoms with van der Waals surface area (Å²) in [6.07, 6.45) is 0.510. The lowest BCUT2D eigenvalue weighted by Gasteiger charge is -2.19. The Kier molecular flexibility index (Phi) is 7.05. The van der Waals surface area contributed by atoms with E-state index in [0.29, 0.717) is 18.7 Å². The van der Waals surface area contributed by atoms with Crippen LogP contribution in [0.25, 0.3) is 0 Å². The molecular formula is C16H24N4O3. The summed E-state index contributed by atoms with van der Waals surface area (Å²) in [4.78, 5) is 34.1. The molecule has 0 heterocycles. The number of rotatable bonds is 7. The number of nitrogens with one attached hydrogen (secondary N) is 3. The van der Waals surface area contributed by atoms with Crippen LogP contribution in [0.5, 0.6) is 0 Å². The van der Waals surface area contributed by atoms with E-state index in [1.165, 1.54) is 6.92 Å². The maximum Gasteiger partial charge on any atom is 0.312 e. The Morgan fingerprint density at radius 3 is 2.22 bits per heavy atom. The van der Waals surface area contributed by atoms with E-state index in [2.05, 4.69) is 16.0 Å². The number of carbonyl (C=O) groups excluding carboxylic acids is 3. The first kappa shape index (κ1) is 18.5. The fourth-order valence-electron chi connectivity index (χ4n) is 2.10. The zero-order chi connectivity index (χ0) is 17.4. The highest BCUT2D eigenvalue weighted by molar-refractivity contribution is 5.88. The quantitative estimate of drug-likeness (QED) is 0.608. The minimum Gasteiger partial charge on any atom is -0.352 e. The van der Waals surface area contributed by atoms with Crippen LogP contribution in [0.15, 0.2) is 24.3 Å². The Hall–Kier alpha value is -2.57. The second-order valence-electron chi connectivity index (χ2n) is 5.79. The average molecular weight is 320 g/mol. The monoisotopic (exact) mass is 320 g/mol. The van der Waals surface area contributed by atoms with Crippen molar-refractivity contribution in [3.8, 4) is 0 Å². The first-order chi connectivity index (χ1) is 10.8. The third-order valence-electron chi connectivity index (χ3n) is 3.08. The summed E-state index contributed by atoms with van der Waals surface area (Å²) in [5.74, 6) is -0.168. The fraction of sp³-hybridized carbons (Fsp3) is 0.438. The molecule has 23 heavy (non-hydrogen) atoms. The number of benzene rings is 1. The van der Waals surface area contributed by atoms with Crippen LogP contribution in [-0.4, -0.2) is 23.9 Å². The molecule has 126 valence electrons. The van der Waals surface area contributed by atoms with Gasteiger partial charge in [-0.05, 0) is 30.0 Å². The summed E-state index contributed by atoms with van der Waals surface area (Å²) in [6, 6.07) is 5.78. The third-order valence-corrected chi connectivity index (χ3v) is 3.08.